The van der Waals surface area contributed by atoms with Gasteiger partial charge in [0.15, 0.2) is 0 Å². The second-order valence-corrected chi connectivity index (χ2v) is 4.26. The van der Waals surface area contributed by atoms with Gasteiger partial charge in [0, 0.05) is 19.0 Å². The lowest BCUT2D eigenvalue weighted by Crippen LogP contribution is -2.30. The molecule has 0 bridgehead atoms. The lowest BCUT2D eigenvalue weighted by atomic mass is 10.1. The number of halogens is 4. The smallest absolute Gasteiger partial charge is 0.352 e. The van der Waals surface area contributed by atoms with Crippen LogP contribution in [0.2, 0.25) is 0 Å². The fraction of sp³-hybridized carbons (Fsp3) is 0.417. The quantitative estimate of drug-likeness (QED) is 0.830. The third-order valence-corrected chi connectivity index (χ3v) is 2.36. The molecule has 1 aromatic carbocycles. The molecule has 1 amide bonds. The zero-order valence-corrected chi connectivity index (χ0v) is 10.2. The molecule has 3 nitrogen and oxygen atoms in total. The second-order valence-electron chi connectivity index (χ2n) is 4.26. The highest BCUT2D eigenvalue weighted by molar-refractivity contribution is 5.76. The summed E-state index contributed by atoms with van der Waals surface area (Å²) < 4.78 is 50.8. The van der Waals surface area contributed by atoms with Gasteiger partial charge in [-0.2, -0.15) is 13.2 Å². The van der Waals surface area contributed by atoms with Crippen molar-refractivity contribution in [3.8, 4) is 0 Å². The van der Waals surface area contributed by atoms with Crippen LogP contribution in [0.4, 0.5) is 17.6 Å². The standard InChI is InChI=1S/C12H14F4N2O/c1-7(17)4-11(19)18-6-8-2-3-9(13)5-10(8)12(14,15)16/h2-3,5,7H,4,6,17H2,1H3,(H,18,19). The van der Waals surface area contributed by atoms with Gasteiger partial charge in [-0.3, -0.25) is 4.79 Å². The van der Waals surface area contributed by atoms with Crippen LogP contribution in [-0.4, -0.2) is 11.9 Å². The first-order chi connectivity index (χ1) is 8.70. The van der Waals surface area contributed by atoms with Crippen LogP contribution in [0.5, 0.6) is 0 Å². The Morgan fingerprint density at radius 3 is 2.58 bits per heavy atom. The SMILES string of the molecule is CC(N)CC(=O)NCc1ccc(F)cc1C(F)(F)F. The Morgan fingerprint density at radius 2 is 2.05 bits per heavy atom. The monoisotopic (exact) mass is 278 g/mol. The van der Waals surface area contributed by atoms with Crippen molar-refractivity contribution in [3.63, 3.8) is 0 Å². The Balaban J connectivity index is 2.81. The van der Waals surface area contributed by atoms with Crippen LogP contribution in [0, 0.1) is 5.82 Å². The molecule has 0 heterocycles. The molecule has 0 aliphatic rings. The summed E-state index contributed by atoms with van der Waals surface area (Å²) in [5.74, 6) is -1.43. The zero-order chi connectivity index (χ0) is 14.6. The Labute approximate surface area is 107 Å². The van der Waals surface area contributed by atoms with E-state index in [0.29, 0.717) is 6.07 Å². The topological polar surface area (TPSA) is 55.1 Å². The molecule has 0 aromatic heterocycles. The predicted octanol–water partition coefficient (Wildman–Crippen LogP) is 2.20. The van der Waals surface area contributed by atoms with Crippen molar-refractivity contribution in [1.82, 2.24) is 5.32 Å². The van der Waals surface area contributed by atoms with E-state index >= 15 is 0 Å². The van der Waals surface area contributed by atoms with Gasteiger partial charge >= 0.3 is 6.18 Å². The minimum absolute atomic E-state index is 0.0164. The lowest BCUT2D eigenvalue weighted by molar-refractivity contribution is -0.138. The summed E-state index contributed by atoms with van der Waals surface area (Å²) in [6.07, 6.45) is -4.65. The molecular weight excluding hydrogens is 264 g/mol. The number of rotatable bonds is 4. The first-order valence-electron chi connectivity index (χ1n) is 5.58. The van der Waals surface area contributed by atoms with E-state index < -0.39 is 23.5 Å². The van der Waals surface area contributed by atoms with Gasteiger partial charge in [-0.05, 0) is 24.6 Å². The third-order valence-electron chi connectivity index (χ3n) is 2.36. The number of nitrogens with two attached hydrogens (primary N) is 1. The molecule has 19 heavy (non-hydrogen) atoms. The molecule has 3 N–H and O–H groups in total. The molecule has 0 aliphatic heterocycles. The van der Waals surface area contributed by atoms with E-state index in [9.17, 15) is 22.4 Å². The normalized spacial score (nSPS) is 13.2. The molecule has 0 radical (unpaired) electrons. The Kier molecular flexibility index (Phi) is 4.88. The van der Waals surface area contributed by atoms with Crippen molar-refractivity contribution in [3.05, 3.63) is 35.1 Å². The van der Waals surface area contributed by atoms with Gasteiger partial charge in [0.05, 0.1) is 5.56 Å². The van der Waals surface area contributed by atoms with E-state index in [2.05, 4.69) is 5.32 Å². The van der Waals surface area contributed by atoms with Crippen molar-refractivity contribution in [2.75, 3.05) is 0 Å². The fourth-order valence-electron chi connectivity index (χ4n) is 1.53. The van der Waals surface area contributed by atoms with Gasteiger partial charge in [0.1, 0.15) is 5.82 Å². The maximum Gasteiger partial charge on any atom is 0.416 e. The average Bonchev–Trinajstić information content (AvgIpc) is 2.25. The number of nitrogens with one attached hydrogen (secondary N) is 1. The van der Waals surface area contributed by atoms with Crippen molar-refractivity contribution < 1.29 is 22.4 Å². The highest BCUT2D eigenvalue weighted by Crippen LogP contribution is 2.32. The zero-order valence-electron chi connectivity index (χ0n) is 10.2. The van der Waals surface area contributed by atoms with Crippen LogP contribution >= 0.6 is 0 Å². The van der Waals surface area contributed by atoms with Crippen LogP contribution in [0.15, 0.2) is 18.2 Å². The van der Waals surface area contributed by atoms with Gasteiger partial charge in [-0.25, -0.2) is 4.39 Å². The molecule has 1 unspecified atom stereocenters. The summed E-state index contributed by atoms with van der Waals surface area (Å²) in [7, 11) is 0. The van der Waals surface area contributed by atoms with Crippen molar-refractivity contribution in [2.24, 2.45) is 5.73 Å². The van der Waals surface area contributed by atoms with Gasteiger partial charge in [-0.15, -0.1) is 0 Å². The van der Waals surface area contributed by atoms with E-state index in [1.807, 2.05) is 0 Å². The minimum atomic E-state index is -4.66. The lowest BCUT2D eigenvalue weighted by Gasteiger charge is -2.14. The van der Waals surface area contributed by atoms with Gasteiger partial charge < -0.3 is 11.1 Å². The van der Waals surface area contributed by atoms with Crippen LogP contribution in [0.1, 0.15) is 24.5 Å². The minimum Gasteiger partial charge on any atom is -0.352 e. The average molecular weight is 278 g/mol. The van der Waals surface area contributed by atoms with Crippen LogP contribution in [0.25, 0.3) is 0 Å². The molecule has 1 rings (SSSR count). The highest BCUT2D eigenvalue weighted by Gasteiger charge is 2.33. The van der Waals surface area contributed by atoms with Crippen LogP contribution < -0.4 is 11.1 Å². The predicted molar refractivity (Wildman–Crippen MR) is 61.5 cm³/mol. The van der Waals surface area contributed by atoms with Gasteiger partial charge in [-0.1, -0.05) is 6.07 Å². The second kappa shape index (κ2) is 6.01. The van der Waals surface area contributed by atoms with E-state index in [1.165, 1.54) is 0 Å². The first-order valence-corrected chi connectivity index (χ1v) is 5.58. The first kappa shape index (κ1) is 15.4. The van der Waals surface area contributed by atoms with Crippen molar-refractivity contribution >= 4 is 5.91 Å². The molecular formula is C12H14F4N2O. The van der Waals surface area contributed by atoms with E-state index in [4.69, 9.17) is 5.73 Å². The number of benzene rings is 1. The molecule has 0 aliphatic carbocycles. The molecule has 0 saturated carbocycles. The molecule has 0 spiro atoms. The van der Waals surface area contributed by atoms with E-state index in [-0.39, 0.29) is 24.6 Å². The van der Waals surface area contributed by atoms with Crippen molar-refractivity contribution in [2.45, 2.75) is 32.1 Å². The summed E-state index contributed by atoms with van der Waals surface area (Å²) in [4.78, 5) is 11.3. The van der Waals surface area contributed by atoms with E-state index in [1.54, 1.807) is 6.92 Å². The van der Waals surface area contributed by atoms with E-state index in [0.717, 1.165) is 12.1 Å². The van der Waals surface area contributed by atoms with Gasteiger partial charge in [0.25, 0.3) is 0 Å². The van der Waals surface area contributed by atoms with Gasteiger partial charge in [0.2, 0.25) is 5.91 Å². The molecule has 0 fully saturated rings. The number of carbonyl (C=O) groups is 1. The summed E-state index contributed by atoms with van der Waals surface area (Å²) in [6.45, 7) is 1.29. The number of hydrogen-bond acceptors (Lipinski definition) is 2. The molecule has 0 saturated heterocycles. The Morgan fingerprint density at radius 1 is 1.42 bits per heavy atom. The third kappa shape index (κ3) is 4.86. The fourth-order valence-corrected chi connectivity index (χ4v) is 1.53. The summed E-state index contributed by atoms with van der Waals surface area (Å²) in [5.41, 5.74) is 4.11. The molecule has 106 valence electrons. The number of hydrogen-bond donors (Lipinski definition) is 2. The van der Waals surface area contributed by atoms with Crippen LogP contribution in [-0.2, 0) is 17.5 Å². The summed E-state index contributed by atoms with van der Waals surface area (Å²) in [6, 6.07) is 1.95. The summed E-state index contributed by atoms with van der Waals surface area (Å²) >= 11 is 0. The van der Waals surface area contributed by atoms with Crippen molar-refractivity contribution in [1.29, 1.82) is 0 Å². The molecule has 1 atom stereocenters. The largest absolute Gasteiger partial charge is 0.416 e. The molecule has 1 aromatic rings. The molecule has 7 heteroatoms. The Bertz CT molecular complexity index is 458. The highest BCUT2D eigenvalue weighted by atomic mass is 19.4. The maximum atomic E-state index is 12.8. The maximum absolute atomic E-state index is 12.8. The number of alkyl halides is 3. The summed E-state index contributed by atoms with van der Waals surface area (Å²) in [5, 5.41) is 2.32. The van der Waals surface area contributed by atoms with Crippen LogP contribution in [0.3, 0.4) is 0 Å². The Hall–Kier alpha value is -1.63. The number of amides is 1. The number of carbonyl (C=O) groups excluding carboxylic acids is 1.